The summed E-state index contributed by atoms with van der Waals surface area (Å²) in [5.74, 6) is 1.51. The zero-order chi connectivity index (χ0) is 15.0. The van der Waals surface area contributed by atoms with Gasteiger partial charge in [0.15, 0.2) is 0 Å². The van der Waals surface area contributed by atoms with Crippen molar-refractivity contribution in [3.8, 4) is 11.5 Å². The zero-order valence-electron chi connectivity index (χ0n) is 12.0. The molecule has 3 nitrogen and oxygen atoms in total. The molecule has 0 saturated heterocycles. The fourth-order valence-corrected chi connectivity index (χ4v) is 2.94. The second-order valence-corrected chi connectivity index (χ2v) is 5.65. The normalized spacial score (nSPS) is 14.5. The van der Waals surface area contributed by atoms with Crippen LogP contribution in [0.2, 0.25) is 5.02 Å². The number of methoxy groups -OCH3 is 1. The Labute approximate surface area is 129 Å². The van der Waals surface area contributed by atoms with Crippen LogP contribution in [0.4, 0.5) is 0 Å². The second kappa shape index (κ2) is 5.58. The van der Waals surface area contributed by atoms with Crippen molar-refractivity contribution in [1.82, 2.24) is 0 Å². The van der Waals surface area contributed by atoms with Gasteiger partial charge in [-0.05, 0) is 41.8 Å². The molecule has 1 aliphatic rings. The van der Waals surface area contributed by atoms with Gasteiger partial charge in [-0.25, -0.2) is 0 Å². The molecule has 0 bridgehead atoms. The van der Waals surface area contributed by atoms with Gasteiger partial charge >= 0.3 is 0 Å². The summed E-state index contributed by atoms with van der Waals surface area (Å²) in [6.07, 6.45) is 0.0392. The summed E-state index contributed by atoms with van der Waals surface area (Å²) in [6, 6.07) is 9.34. The third-order valence-corrected chi connectivity index (χ3v) is 4.04. The maximum atomic E-state index is 10.7. The van der Waals surface area contributed by atoms with Crippen LogP contribution in [0, 0.1) is 6.92 Å². The van der Waals surface area contributed by atoms with Gasteiger partial charge < -0.3 is 14.6 Å². The Bertz CT molecular complexity index is 682. The number of ether oxygens (including phenoxy) is 2. The van der Waals surface area contributed by atoms with Crippen LogP contribution >= 0.6 is 11.6 Å². The Morgan fingerprint density at radius 1 is 1.29 bits per heavy atom. The molecule has 0 saturated carbocycles. The Morgan fingerprint density at radius 3 is 2.86 bits per heavy atom. The van der Waals surface area contributed by atoms with E-state index in [0.29, 0.717) is 17.2 Å². The maximum absolute atomic E-state index is 10.7. The molecule has 1 unspecified atom stereocenters. The minimum atomic E-state index is -0.787. The minimum absolute atomic E-state index is 0.618. The van der Waals surface area contributed by atoms with Crippen LogP contribution in [0.1, 0.15) is 28.4 Å². The predicted octanol–water partition coefficient (Wildman–Crippen LogP) is 3.67. The van der Waals surface area contributed by atoms with Crippen LogP contribution in [0.3, 0.4) is 0 Å². The predicted molar refractivity (Wildman–Crippen MR) is 82.4 cm³/mol. The van der Waals surface area contributed by atoms with Crippen molar-refractivity contribution in [2.45, 2.75) is 19.4 Å². The summed E-state index contributed by atoms with van der Waals surface area (Å²) in [5.41, 5.74) is 3.55. The molecule has 1 heterocycles. The lowest BCUT2D eigenvalue weighted by Gasteiger charge is -2.17. The van der Waals surface area contributed by atoms with Crippen LogP contribution in [0.15, 0.2) is 30.3 Å². The molecule has 1 aliphatic heterocycles. The summed E-state index contributed by atoms with van der Waals surface area (Å²) in [6.45, 7) is 2.60. The quantitative estimate of drug-likeness (QED) is 0.940. The highest BCUT2D eigenvalue weighted by atomic mass is 35.5. The van der Waals surface area contributed by atoms with E-state index in [9.17, 15) is 5.11 Å². The van der Waals surface area contributed by atoms with Gasteiger partial charge in [-0.15, -0.1) is 0 Å². The molecule has 0 spiro atoms. The molecule has 3 rings (SSSR count). The van der Waals surface area contributed by atoms with Gasteiger partial charge in [0, 0.05) is 17.0 Å². The first-order valence-corrected chi connectivity index (χ1v) is 7.25. The molecule has 2 aromatic rings. The van der Waals surface area contributed by atoms with Crippen molar-refractivity contribution in [2.24, 2.45) is 0 Å². The third-order valence-electron chi connectivity index (χ3n) is 3.82. The maximum Gasteiger partial charge on any atom is 0.128 e. The number of fused-ring (bicyclic) bond motifs is 1. The van der Waals surface area contributed by atoms with E-state index in [-0.39, 0.29) is 0 Å². The lowest BCUT2D eigenvalue weighted by atomic mass is 9.97. The Kier molecular flexibility index (Phi) is 3.79. The summed E-state index contributed by atoms with van der Waals surface area (Å²) in [7, 11) is 1.62. The SMILES string of the molecule is COc1cc(C(O)c2cc(Cl)cc3c2OCC3)ccc1C. The van der Waals surface area contributed by atoms with E-state index < -0.39 is 6.10 Å². The summed E-state index contributed by atoms with van der Waals surface area (Å²) >= 11 is 6.15. The average molecular weight is 305 g/mol. The third kappa shape index (κ3) is 2.59. The molecule has 0 fully saturated rings. The molecule has 0 aromatic heterocycles. The number of hydrogen-bond donors (Lipinski definition) is 1. The van der Waals surface area contributed by atoms with Crippen molar-refractivity contribution in [1.29, 1.82) is 0 Å². The number of halogens is 1. The van der Waals surface area contributed by atoms with E-state index in [0.717, 1.165) is 34.6 Å². The molecular formula is C17H17ClO3. The topological polar surface area (TPSA) is 38.7 Å². The zero-order valence-corrected chi connectivity index (χ0v) is 12.8. The molecule has 110 valence electrons. The average Bonchev–Trinajstić information content (AvgIpc) is 2.94. The van der Waals surface area contributed by atoms with Gasteiger partial charge in [0.1, 0.15) is 17.6 Å². The van der Waals surface area contributed by atoms with Gasteiger partial charge in [0.2, 0.25) is 0 Å². The monoisotopic (exact) mass is 304 g/mol. The molecule has 2 aromatic carbocycles. The van der Waals surface area contributed by atoms with E-state index in [1.165, 1.54) is 0 Å². The molecule has 0 amide bonds. The van der Waals surface area contributed by atoms with E-state index >= 15 is 0 Å². The summed E-state index contributed by atoms with van der Waals surface area (Å²) in [4.78, 5) is 0. The van der Waals surface area contributed by atoms with Crippen molar-refractivity contribution in [2.75, 3.05) is 13.7 Å². The Morgan fingerprint density at radius 2 is 2.10 bits per heavy atom. The number of aliphatic hydroxyl groups is 1. The number of hydrogen-bond acceptors (Lipinski definition) is 3. The molecule has 4 heteroatoms. The Balaban J connectivity index is 2.05. The van der Waals surface area contributed by atoms with Gasteiger partial charge in [0.25, 0.3) is 0 Å². The lowest BCUT2D eigenvalue weighted by molar-refractivity contribution is 0.213. The number of aryl methyl sites for hydroxylation is 1. The highest BCUT2D eigenvalue weighted by Gasteiger charge is 2.23. The van der Waals surface area contributed by atoms with Crippen molar-refractivity contribution in [3.05, 3.63) is 57.6 Å². The lowest BCUT2D eigenvalue weighted by Crippen LogP contribution is -2.03. The molecule has 0 aliphatic carbocycles. The number of benzene rings is 2. The first-order valence-electron chi connectivity index (χ1n) is 6.88. The van der Waals surface area contributed by atoms with E-state index in [4.69, 9.17) is 21.1 Å². The number of rotatable bonds is 3. The van der Waals surface area contributed by atoms with Crippen LogP contribution in [-0.2, 0) is 6.42 Å². The van der Waals surface area contributed by atoms with Gasteiger partial charge in [0.05, 0.1) is 13.7 Å². The fraction of sp³-hybridized carbons (Fsp3) is 0.294. The van der Waals surface area contributed by atoms with Crippen molar-refractivity contribution >= 4 is 11.6 Å². The van der Waals surface area contributed by atoms with Crippen LogP contribution in [0.25, 0.3) is 0 Å². The molecule has 0 radical (unpaired) electrons. The van der Waals surface area contributed by atoms with E-state index in [1.54, 1.807) is 13.2 Å². The smallest absolute Gasteiger partial charge is 0.128 e. The summed E-state index contributed by atoms with van der Waals surface area (Å²) in [5, 5.41) is 11.3. The standard InChI is InChI=1S/C17H17ClO3/c1-10-3-4-11(8-15(10)20-2)16(19)14-9-13(18)7-12-5-6-21-17(12)14/h3-4,7-9,16,19H,5-6H2,1-2H3. The summed E-state index contributed by atoms with van der Waals surface area (Å²) < 4.78 is 11.0. The highest BCUT2D eigenvalue weighted by Crippen LogP contribution is 2.39. The molecule has 1 N–H and O–H groups in total. The van der Waals surface area contributed by atoms with Crippen LogP contribution in [0.5, 0.6) is 11.5 Å². The van der Waals surface area contributed by atoms with Gasteiger partial charge in [-0.2, -0.15) is 0 Å². The van der Waals surface area contributed by atoms with E-state index in [1.807, 2.05) is 31.2 Å². The molecule has 1 atom stereocenters. The van der Waals surface area contributed by atoms with Gasteiger partial charge in [-0.1, -0.05) is 23.7 Å². The Hall–Kier alpha value is -1.71. The highest BCUT2D eigenvalue weighted by molar-refractivity contribution is 6.30. The fourth-order valence-electron chi connectivity index (χ4n) is 2.69. The van der Waals surface area contributed by atoms with E-state index in [2.05, 4.69) is 0 Å². The number of aliphatic hydroxyl groups excluding tert-OH is 1. The van der Waals surface area contributed by atoms with Crippen molar-refractivity contribution in [3.63, 3.8) is 0 Å². The largest absolute Gasteiger partial charge is 0.496 e. The van der Waals surface area contributed by atoms with Crippen LogP contribution < -0.4 is 9.47 Å². The first kappa shape index (κ1) is 14.2. The molecular weight excluding hydrogens is 288 g/mol. The van der Waals surface area contributed by atoms with Crippen LogP contribution in [-0.4, -0.2) is 18.8 Å². The first-order chi connectivity index (χ1) is 10.1. The molecule has 21 heavy (non-hydrogen) atoms. The van der Waals surface area contributed by atoms with Crippen molar-refractivity contribution < 1.29 is 14.6 Å². The van der Waals surface area contributed by atoms with Gasteiger partial charge in [-0.3, -0.25) is 0 Å². The second-order valence-electron chi connectivity index (χ2n) is 5.21. The minimum Gasteiger partial charge on any atom is -0.496 e.